The number of aliphatic hydroxyl groups is 1. The minimum atomic E-state index is -1.41. The molecule has 2 aromatic carbocycles. The molecule has 5 heteroatoms. The second-order valence-electron chi connectivity index (χ2n) is 10.6. The largest absolute Gasteiger partial charge is 0.369 e. The van der Waals surface area contributed by atoms with E-state index in [4.69, 9.17) is 0 Å². The van der Waals surface area contributed by atoms with E-state index >= 15 is 0 Å². The Labute approximate surface area is 195 Å². The molecule has 0 aromatic heterocycles. The van der Waals surface area contributed by atoms with Gasteiger partial charge in [-0.25, -0.2) is 4.79 Å². The molecule has 5 rings (SSSR count). The molecule has 2 aromatic rings. The van der Waals surface area contributed by atoms with E-state index in [-0.39, 0.29) is 29.8 Å². The molecule has 0 unspecified atom stereocenters. The summed E-state index contributed by atoms with van der Waals surface area (Å²) in [5.74, 6) is -0.349. The van der Waals surface area contributed by atoms with Gasteiger partial charge in [-0.05, 0) is 49.1 Å². The Balaban J connectivity index is 1.44. The Morgan fingerprint density at radius 2 is 1.70 bits per heavy atom. The highest BCUT2D eigenvalue weighted by Gasteiger charge is 2.72. The number of carbonyl (C=O) groups excluding carboxylic acids is 2. The lowest BCUT2D eigenvalue weighted by atomic mass is 9.65. The van der Waals surface area contributed by atoms with Gasteiger partial charge in [0.05, 0.1) is 5.41 Å². The Bertz CT molecular complexity index is 1080. The molecule has 1 saturated carbocycles. The van der Waals surface area contributed by atoms with Crippen molar-refractivity contribution in [3.05, 3.63) is 77.9 Å². The van der Waals surface area contributed by atoms with Crippen molar-refractivity contribution in [1.82, 2.24) is 9.80 Å². The summed E-state index contributed by atoms with van der Waals surface area (Å²) in [5.41, 5.74) is -0.289. The van der Waals surface area contributed by atoms with Crippen LogP contribution in [0.25, 0.3) is 6.08 Å². The monoisotopic (exact) mass is 444 g/mol. The number of piperidine rings is 1. The molecule has 172 valence electrons. The zero-order valence-electron chi connectivity index (χ0n) is 19.4. The third-order valence-corrected chi connectivity index (χ3v) is 8.12. The summed E-state index contributed by atoms with van der Waals surface area (Å²) in [6, 6.07) is 19.8. The fourth-order valence-electron chi connectivity index (χ4n) is 6.47. The quantitative estimate of drug-likeness (QED) is 0.726. The molecule has 1 N–H and O–H groups in total. The van der Waals surface area contributed by atoms with Crippen LogP contribution in [0.15, 0.2) is 66.7 Å². The number of amides is 3. The van der Waals surface area contributed by atoms with Crippen LogP contribution in [0.2, 0.25) is 0 Å². The maximum absolute atomic E-state index is 13.7. The number of rotatable bonds is 5. The summed E-state index contributed by atoms with van der Waals surface area (Å²) < 4.78 is 0. The third-order valence-electron chi connectivity index (χ3n) is 8.12. The first-order chi connectivity index (χ1) is 15.8. The number of nitrogens with zero attached hydrogens (tertiary/aromatic N) is 2. The maximum atomic E-state index is 13.7. The van der Waals surface area contributed by atoms with Gasteiger partial charge in [0.2, 0.25) is 5.91 Å². The summed E-state index contributed by atoms with van der Waals surface area (Å²) in [5, 5.41) is 11.9. The van der Waals surface area contributed by atoms with E-state index in [9.17, 15) is 14.7 Å². The number of carbonyl (C=O) groups is 2. The average molecular weight is 445 g/mol. The lowest BCUT2D eigenvalue weighted by molar-refractivity contribution is -0.231. The van der Waals surface area contributed by atoms with Gasteiger partial charge in [-0.15, -0.1) is 0 Å². The molecule has 5 nitrogen and oxygen atoms in total. The maximum Gasteiger partial charge on any atom is 0.329 e. The molecular weight excluding hydrogens is 412 g/mol. The fraction of sp³-hybridized carbons (Fsp3) is 0.429. The van der Waals surface area contributed by atoms with E-state index in [0.29, 0.717) is 13.0 Å². The Morgan fingerprint density at radius 1 is 1.03 bits per heavy atom. The van der Waals surface area contributed by atoms with Gasteiger partial charge in [0.1, 0.15) is 0 Å². The molecule has 33 heavy (non-hydrogen) atoms. The topological polar surface area (TPSA) is 60.9 Å². The van der Waals surface area contributed by atoms with Gasteiger partial charge >= 0.3 is 6.03 Å². The number of urea groups is 1. The van der Waals surface area contributed by atoms with Gasteiger partial charge in [-0.3, -0.25) is 14.6 Å². The summed E-state index contributed by atoms with van der Waals surface area (Å²) in [7, 11) is 0. The fourth-order valence-corrected chi connectivity index (χ4v) is 6.47. The van der Waals surface area contributed by atoms with Gasteiger partial charge in [0.25, 0.3) is 0 Å². The van der Waals surface area contributed by atoms with Crippen molar-refractivity contribution in [3.63, 3.8) is 0 Å². The van der Waals surface area contributed by atoms with Crippen LogP contribution >= 0.6 is 0 Å². The van der Waals surface area contributed by atoms with Crippen molar-refractivity contribution in [2.75, 3.05) is 13.1 Å². The van der Waals surface area contributed by atoms with Gasteiger partial charge in [-0.2, -0.15) is 0 Å². The second kappa shape index (κ2) is 7.84. The molecule has 0 spiro atoms. The Hall–Kier alpha value is -2.92. The van der Waals surface area contributed by atoms with Crippen LogP contribution in [0, 0.1) is 16.7 Å². The van der Waals surface area contributed by atoms with E-state index in [1.807, 2.05) is 67.6 Å². The van der Waals surface area contributed by atoms with Crippen LogP contribution in [-0.4, -0.2) is 45.7 Å². The first-order valence-electron chi connectivity index (χ1n) is 11.9. The summed E-state index contributed by atoms with van der Waals surface area (Å²) in [6.07, 6.45) is 6.77. The standard InChI is InChI=1S/C28H32N2O3/c1-26(18-22-12-7-4-8-13-22)19-23-15-16-27(2)24(31)29(25(32)30(20-26)28(23,27)33)17-9-14-21-10-5-3-6-11-21/h3-14,23,33H,15-20H2,1-2H3/b14-9+/t23-,26-,27+,28-/m0/s1. The zero-order valence-corrected chi connectivity index (χ0v) is 19.4. The lowest BCUT2D eigenvalue weighted by Gasteiger charge is -2.60. The molecule has 3 amide bonds. The predicted molar refractivity (Wildman–Crippen MR) is 128 cm³/mol. The van der Waals surface area contributed by atoms with E-state index in [1.165, 1.54) is 10.5 Å². The van der Waals surface area contributed by atoms with Crippen LogP contribution in [-0.2, 0) is 11.2 Å². The van der Waals surface area contributed by atoms with Crippen molar-refractivity contribution >= 4 is 18.0 Å². The first-order valence-corrected chi connectivity index (χ1v) is 11.9. The van der Waals surface area contributed by atoms with Crippen molar-refractivity contribution in [2.24, 2.45) is 16.7 Å². The number of hydrogen-bond acceptors (Lipinski definition) is 3. The number of hydrogen-bond donors (Lipinski definition) is 1. The lowest BCUT2D eigenvalue weighted by Crippen LogP contribution is -2.76. The third kappa shape index (κ3) is 3.41. The molecule has 2 saturated heterocycles. The van der Waals surface area contributed by atoms with Crippen LogP contribution in [0.1, 0.15) is 44.2 Å². The van der Waals surface area contributed by atoms with E-state index in [1.54, 1.807) is 4.90 Å². The van der Waals surface area contributed by atoms with Crippen LogP contribution < -0.4 is 0 Å². The summed E-state index contributed by atoms with van der Waals surface area (Å²) in [4.78, 5) is 30.2. The molecule has 1 aliphatic carbocycles. The van der Waals surface area contributed by atoms with Crippen molar-refractivity contribution < 1.29 is 14.7 Å². The molecule has 3 aliphatic rings. The molecule has 0 radical (unpaired) electrons. The number of imide groups is 1. The van der Waals surface area contributed by atoms with Crippen molar-refractivity contribution in [1.29, 1.82) is 0 Å². The highest BCUT2D eigenvalue weighted by Crippen LogP contribution is 2.61. The molecule has 2 aliphatic heterocycles. The van der Waals surface area contributed by atoms with Gasteiger partial charge < -0.3 is 5.11 Å². The zero-order chi connectivity index (χ0) is 23.3. The number of benzene rings is 2. The molecule has 3 fully saturated rings. The molecule has 4 atom stereocenters. The summed E-state index contributed by atoms with van der Waals surface area (Å²) >= 11 is 0. The van der Waals surface area contributed by atoms with Crippen LogP contribution in [0.4, 0.5) is 4.79 Å². The molecular formula is C28H32N2O3. The average Bonchev–Trinajstić information content (AvgIpc) is 3.08. The van der Waals surface area contributed by atoms with E-state index in [0.717, 1.165) is 24.8 Å². The SMILES string of the molecule is C[C@]1(Cc2ccccc2)C[C@@H]2CC[C@]3(C)C(=O)N(C/C=C/c4ccccc4)C(=O)N(C1)[C@]23O. The van der Waals surface area contributed by atoms with Gasteiger partial charge in [0, 0.05) is 19.0 Å². The predicted octanol–water partition coefficient (Wildman–Crippen LogP) is 4.72. The Morgan fingerprint density at radius 3 is 2.39 bits per heavy atom. The van der Waals surface area contributed by atoms with Gasteiger partial charge in [0.15, 0.2) is 5.72 Å². The van der Waals surface area contributed by atoms with Crippen molar-refractivity contribution in [3.8, 4) is 0 Å². The van der Waals surface area contributed by atoms with Gasteiger partial charge in [-0.1, -0.05) is 79.7 Å². The summed E-state index contributed by atoms with van der Waals surface area (Å²) in [6.45, 7) is 4.70. The highest BCUT2D eigenvalue weighted by molar-refractivity contribution is 6.01. The highest BCUT2D eigenvalue weighted by atomic mass is 16.3. The molecule has 0 bridgehead atoms. The Kier molecular flexibility index (Phi) is 5.20. The van der Waals surface area contributed by atoms with E-state index < -0.39 is 11.1 Å². The minimum Gasteiger partial charge on any atom is -0.369 e. The first kappa shape index (κ1) is 21.9. The van der Waals surface area contributed by atoms with Crippen molar-refractivity contribution in [2.45, 2.75) is 45.3 Å². The normalized spacial score (nSPS) is 33.6. The second-order valence-corrected chi connectivity index (χ2v) is 10.6. The van der Waals surface area contributed by atoms with E-state index in [2.05, 4.69) is 19.1 Å². The van der Waals surface area contributed by atoms with Crippen LogP contribution in [0.3, 0.4) is 0 Å². The minimum absolute atomic E-state index is 0.0973. The molecule has 2 heterocycles. The smallest absolute Gasteiger partial charge is 0.329 e. The van der Waals surface area contributed by atoms with Crippen LogP contribution in [0.5, 0.6) is 0 Å².